The Labute approximate surface area is 167 Å². The Morgan fingerprint density at radius 2 is 1.97 bits per heavy atom. The maximum atomic E-state index is 4.84. The molecule has 3 aromatic heterocycles. The highest BCUT2D eigenvalue weighted by molar-refractivity contribution is 5.92. The highest BCUT2D eigenvalue weighted by Crippen LogP contribution is 2.32. The van der Waals surface area contributed by atoms with E-state index in [-0.39, 0.29) is 0 Å². The lowest BCUT2D eigenvalue weighted by molar-refractivity contribution is 0.579. The van der Waals surface area contributed by atoms with Crippen molar-refractivity contribution >= 4 is 28.2 Å². The summed E-state index contributed by atoms with van der Waals surface area (Å²) in [4.78, 5) is 15.4. The molecule has 0 radical (unpaired) electrons. The van der Waals surface area contributed by atoms with Crippen molar-refractivity contribution in [3.63, 3.8) is 0 Å². The molecule has 2 fully saturated rings. The average Bonchev–Trinajstić information content (AvgIpc) is 3.50. The number of hydrogen-bond acceptors (Lipinski definition) is 7. The summed E-state index contributed by atoms with van der Waals surface area (Å²) < 4.78 is 1.94. The fourth-order valence-electron chi connectivity index (χ4n) is 4.41. The van der Waals surface area contributed by atoms with Crippen molar-refractivity contribution in [2.75, 3.05) is 23.3 Å². The number of para-hydroxylation sites is 1. The number of rotatable bonds is 4. The van der Waals surface area contributed by atoms with Crippen LogP contribution in [0.3, 0.4) is 0 Å². The highest BCUT2D eigenvalue weighted by atomic mass is 15.3. The molecule has 0 saturated carbocycles. The molecule has 2 saturated heterocycles. The summed E-state index contributed by atoms with van der Waals surface area (Å²) >= 11 is 0. The molecule has 0 amide bonds. The van der Waals surface area contributed by atoms with Gasteiger partial charge in [-0.15, -0.1) is 5.10 Å². The molecule has 8 nitrogen and oxygen atoms in total. The third-order valence-electron chi connectivity index (χ3n) is 5.74. The molecule has 2 unspecified atom stereocenters. The Morgan fingerprint density at radius 1 is 1.03 bits per heavy atom. The average molecular weight is 384 g/mol. The van der Waals surface area contributed by atoms with Gasteiger partial charge in [0.05, 0.1) is 35.5 Å². The SMILES string of the molecule is c1ccc2c(c1)c(Nc1cnccn1)nn2-c1cncc(N2CC3CC2CN3)c1. The third-order valence-corrected chi connectivity index (χ3v) is 5.74. The number of hydrogen-bond donors (Lipinski definition) is 2. The van der Waals surface area contributed by atoms with Crippen molar-refractivity contribution in [1.82, 2.24) is 30.0 Å². The quantitative estimate of drug-likeness (QED) is 0.559. The lowest BCUT2D eigenvalue weighted by Gasteiger charge is -2.29. The largest absolute Gasteiger partial charge is 0.364 e. The Hall–Kier alpha value is -3.52. The summed E-state index contributed by atoms with van der Waals surface area (Å²) in [5.74, 6) is 1.41. The van der Waals surface area contributed by atoms with E-state index in [1.807, 2.05) is 29.2 Å². The first-order chi connectivity index (χ1) is 14.3. The Bertz CT molecular complexity index is 1170. The maximum absolute atomic E-state index is 4.84. The zero-order chi connectivity index (χ0) is 19.2. The highest BCUT2D eigenvalue weighted by Gasteiger charge is 2.37. The first-order valence-electron chi connectivity index (χ1n) is 9.81. The zero-order valence-electron chi connectivity index (χ0n) is 15.7. The van der Waals surface area contributed by atoms with E-state index in [0.29, 0.717) is 17.9 Å². The molecule has 2 aliphatic heterocycles. The molecule has 2 bridgehead atoms. The summed E-state index contributed by atoms with van der Waals surface area (Å²) in [6.07, 6.45) is 10.0. The van der Waals surface area contributed by atoms with Gasteiger partial charge < -0.3 is 15.5 Å². The summed E-state index contributed by atoms with van der Waals surface area (Å²) in [5, 5.41) is 12.7. The van der Waals surface area contributed by atoms with Crippen molar-refractivity contribution in [2.24, 2.45) is 0 Å². The van der Waals surface area contributed by atoms with E-state index in [9.17, 15) is 0 Å². The van der Waals surface area contributed by atoms with Gasteiger partial charge in [-0.2, -0.15) is 0 Å². The van der Waals surface area contributed by atoms with Crippen molar-refractivity contribution in [3.05, 3.63) is 61.3 Å². The first kappa shape index (κ1) is 16.4. The van der Waals surface area contributed by atoms with Gasteiger partial charge in [-0.1, -0.05) is 12.1 Å². The number of piperazine rings is 1. The fourth-order valence-corrected chi connectivity index (χ4v) is 4.41. The molecular formula is C21H20N8. The van der Waals surface area contributed by atoms with Gasteiger partial charge in [-0.3, -0.25) is 9.97 Å². The number of aromatic nitrogens is 5. The van der Waals surface area contributed by atoms with Gasteiger partial charge in [-0.25, -0.2) is 9.67 Å². The standard InChI is InChI=1S/C21H20N8/c1-2-4-19-18(3-1)21(26-20-12-22-5-6-24-20)27-29(19)17-8-16(9-23-10-17)28-13-14-7-15(28)11-25-14/h1-6,8-10,12,14-15,25H,7,11,13H2,(H,24,26,27). The van der Waals surface area contributed by atoms with E-state index < -0.39 is 0 Å². The van der Waals surface area contributed by atoms with Crippen LogP contribution in [0.2, 0.25) is 0 Å². The number of nitrogens with one attached hydrogen (secondary N) is 2. The zero-order valence-corrected chi connectivity index (χ0v) is 15.7. The summed E-state index contributed by atoms with van der Waals surface area (Å²) in [7, 11) is 0. The topological polar surface area (TPSA) is 83.8 Å². The van der Waals surface area contributed by atoms with Crippen LogP contribution in [-0.4, -0.2) is 49.9 Å². The third kappa shape index (κ3) is 2.80. The van der Waals surface area contributed by atoms with Crippen molar-refractivity contribution in [3.8, 4) is 5.69 Å². The summed E-state index contributed by atoms with van der Waals surface area (Å²) in [5.41, 5.74) is 3.11. The van der Waals surface area contributed by atoms with E-state index in [1.165, 1.54) is 6.42 Å². The van der Waals surface area contributed by atoms with E-state index in [1.54, 1.807) is 18.6 Å². The molecule has 144 valence electrons. The molecule has 0 spiro atoms. The van der Waals surface area contributed by atoms with Crippen LogP contribution < -0.4 is 15.5 Å². The van der Waals surface area contributed by atoms with E-state index in [2.05, 4.69) is 48.7 Å². The Kier molecular flexibility index (Phi) is 3.70. The van der Waals surface area contributed by atoms with Crippen LogP contribution >= 0.6 is 0 Å². The molecule has 29 heavy (non-hydrogen) atoms. The van der Waals surface area contributed by atoms with Gasteiger partial charge in [0, 0.05) is 43.0 Å². The van der Waals surface area contributed by atoms with Crippen molar-refractivity contribution in [1.29, 1.82) is 0 Å². The van der Waals surface area contributed by atoms with E-state index in [0.717, 1.165) is 41.2 Å². The molecule has 2 aliphatic rings. The molecular weight excluding hydrogens is 364 g/mol. The number of fused-ring (bicyclic) bond motifs is 3. The second-order valence-electron chi connectivity index (χ2n) is 7.54. The predicted molar refractivity (Wildman–Crippen MR) is 112 cm³/mol. The number of anilines is 3. The van der Waals surface area contributed by atoms with Crippen LogP contribution in [0.4, 0.5) is 17.3 Å². The maximum Gasteiger partial charge on any atom is 0.162 e. The predicted octanol–water partition coefficient (Wildman–Crippen LogP) is 2.50. The van der Waals surface area contributed by atoms with Gasteiger partial charge in [0.2, 0.25) is 0 Å². The van der Waals surface area contributed by atoms with E-state index in [4.69, 9.17) is 5.10 Å². The second kappa shape index (κ2) is 6.52. The second-order valence-corrected chi connectivity index (χ2v) is 7.54. The van der Waals surface area contributed by atoms with Gasteiger partial charge >= 0.3 is 0 Å². The molecule has 5 heterocycles. The number of nitrogens with zero attached hydrogens (tertiary/aromatic N) is 6. The molecule has 1 aromatic carbocycles. The van der Waals surface area contributed by atoms with Crippen molar-refractivity contribution < 1.29 is 0 Å². The molecule has 6 rings (SSSR count). The normalized spacial score (nSPS) is 20.5. The van der Waals surface area contributed by atoms with Gasteiger partial charge in [0.1, 0.15) is 5.82 Å². The smallest absolute Gasteiger partial charge is 0.162 e. The van der Waals surface area contributed by atoms with Gasteiger partial charge in [0.25, 0.3) is 0 Å². The molecule has 2 atom stereocenters. The monoisotopic (exact) mass is 384 g/mol. The lowest BCUT2D eigenvalue weighted by atomic mass is 10.2. The fraction of sp³-hybridized carbons (Fsp3) is 0.238. The minimum Gasteiger partial charge on any atom is -0.364 e. The van der Waals surface area contributed by atoms with Crippen LogP contribution in [-0.2, 0) is 0 Å². The first-order valence-corrected chi connectivity index (χ1v) is 9.81. The summed E-state index contributed by atoms with van der Waals surface area (Å²) in [6, 6.07) is 11.5. The minimum absolute atomic E-state index is 0.556. The van der Waals surface area contributed by atoms with Crippen LogP contribution in [0.1, 0.15) is 6.42 Å². The molecule has 0 aliphatic carbocycles. The molecule has 2 N–H and O–H groups in total. The Morgan fingerprint density at radius 3 is 2.79 bits per heavy atom. The number of pyridine rings is 1. The molecule has 8 heteroatoms. The lowest BCUT2D eigenvalue weighted by Crippen LogP contribution is -2.43. The van der Waals surface area contributed by atoms with Crippen LogP contribution in [0, 0.1) is 0 Å². The van der Waals surface area contributed by atoms with Crippen molar-refractivity contribution in [2.45, 2.75) is 18.5 Å². The van der Waals surface area contributed by atoms with Crippen LogP contribution in [0.15, 0.2) is 61.3 Å². The van der Waals surface area contributed by atoms with Gasteiger partial charge in [0.15, 0.2) is 5.82 Å². The van der Waals surface area contributed by atoms with Crippen LogP contribution in [0.25, 0.3) is 16.6 Å². The number of benzene rings is 1. The minimum atomic E-state index is 0.556. The Balaban J connectivity index is 1.41. The van der Waals surface area contributed by atoms with Crippen LogP contribution in [0.5, 0.6) is 0 Å². The van der Waals surface area contributed by atoms with Gasteiger partial charge in [-0.05, 0) is 24.6 Å². The molecule has 4 aromatic rings. The summed E-state index contributed by atoms with van der Waals surface area (Å²) in [6.45, 7) is 2.08. The van der Waals surface area contributed by atoms with E-state index >= 15 is 0 Å².